The van der Waals surface area contributed by atoms with Gasteiger partial charge in [-0.2, -0.15) is 0 Å². The van der Waals surface area contributed by atoms with E-state index in [1.807, 2.05) is 0 Å². The summed E-state index contributed by atoms with van der Waals surface area (Å²) in [6.07, 6.45) is 3.35. The Kier molecular flexibility index (Phi) is 5.25. The second kappa shape index (κ2) is 6.48. The molecule has 4 nitrogen and oxygen atoms in total. The second-order valence-electron chi connectivity index (χ2n) is 3.49. The topological polar surface area (TPSA) is 62.0 Å². The van der Waals surface area contributed by atoms with E-state index in [9.17, 15) is 9.59 Å². The van der Waals surface area contributed by atoms with Gasteiger partial charge in [0.15, 0.2) is 0 Å². The highest BCUT2D eigenvalue weighted by Crippen LogP contribution is 2.07. The summed E-state index contributed by atoms with van der Waals surface area (Å²) in [5, 5.41) is 2.79. The quantitative estimate of drug-likeness (QED) is 0.809. The Morgan fingerprint density at radius 1 is 1.56 bits per heavy atom. The van der Waals surface area contributed by atoms with E-state index in [2.05, 4.69) is 33.2 Å². The van der Waals surface area contributed by atoms with Gasteiger partial charge in [-0.3, -0.25) is 9.59 Å². The van der Waals surface area contributed by atoms with Gasteiger partial charge in [0, 0.05) is 23.6 Å². The molecule has 0 saturated carbocycles. The van der Waals surface area contributed by atoms with Crippen LogP contribution in [0.15, 0.2) is 23.1 Å². The van der Waals surface area contributed by atoms with Gasteiger partial charge in [-0.1, -0.05) is 22.9 Å². The van der Waals surface area contributed by atoms with Crippen LogP contribution in [0.5, 0.6) is 0 Å². The lowest BCUT2D eigenvalue weighted by Crippen LogP contribution is -2.26. The first-order chi connectivity index (χ1) is 7.63. The number of aromatic nitrogens is 1. The highest BCUT2D eigenvalue weighted by molar-refractivity contribution is 9.09. The number of alkyl halides is 1. The van der Waals surface area contributed by atoms with E-state index in [0.717, 1.165) is 12.8 Å². The van der Waals surface area contributed by atoms with Crippen LogP contribution >= 0.6 is 15.9 Å². The van der Waals surface area contributed by atoms with Crippen LogP contribution in [0.25, 0.3) is 0 Å². The van der Waals surface area contributed by atoms with Gasteiger partial charge in [0.25, 0.3) is 5.91 Å². The molecule has 16 heavy (non-hydrogen) atoms. The number of aromatic amines is 1. The fourth-order valence-corrected chi connectivity index (χ4v) is 1.43. The molecule has 0 aliphatic carbocycles. The van der Waals surface area contributed by atoms with Gasteiger partial charge in [-0.15, -0.1) is 0 Å². The zero-order chi connectivity index (χ0) is 12.0. The largest absolute Gasteiger partial charge is 0.352 e. The molecule has 1 aromatic heterocycles. The molecule has 0 fully saturated rings. The predicted octanol–water partition coefficient (Wildman–Crippen LogP) is 1.67. The molecule has 1 atom stereocenters. The van der Waals surface area contributed by atoms with E-state index in [-0.39, 0.29) is 11.5 Å². The van der Waals surface area contributed by atoms with Crippen molar-refractivity contribution in [1.29, 1.82) is 0 Å². The van der Waals surface area contributed by atoms with Crippen LogP contribution in [-0.2, 0) is 0 Å². The summed E-state index contributed by atoms with van der Waals surface area (Å²) in [6, 6.07) is 2.86. The van der Waals surface area contributed by atoms with Crippen LogP contribution in [0, 0.1) is 0 Å². The molecule has 1 rings (SSSR count). The van der Waals surface area contributed by atoms with Gasteiger partial charge in [-0.05, 0) is 18.9 Å². The Morgan fingerprint density at radius 2 is 2.31 bits per heavy atom. The van der Waals surface area contributed by atoms with E-state index in [1.54, 1.807) is 0 Å². The van der Waals surface area contributed by atoms with Gasteiger partial charge < -0.3 is 10.3 Å². The molecule has 0 aliphatic rings. The third-order valence-electron chi connectivity index (χ3n) is 2.23. The summed E-state index contributed by atoms with van der Waals surface area (Å²) in [5.74, 6) is -0.160. The maximum Gasteiger partial charge on any atom is 0.252 e. The molecule has 0 bridgehead atoms. The molecule has 0 saturated heterocycles. The molecule has 1 heterocycles. The van der Waals surface area contributed by atoms with Crippen molar-refractivity contribution >= 4 is 21.8 Å². The van der Waals surface area contributed by atoms with Gasteiger partial charge >= 0.3 is 0 Å². The van der Waals surface area contributed by atoms with E-state index < -0.39 is 0 Å². The first kappa shape index (κ1) is 13.0. The molecule has 5 heteroatoms. The normalized spacial score (nSPS) is 12.1. The Bertz CT molecular complexity index is 383. The van der Waals surface area contributed by atoms with Crippen molar-refractivity contribution in [3.05, 3.63) is 34.2 Å². The number of hydrogen-bond donors (Lipinski definition) is 2. The third-order valence-corrected chi connectivity index (χ3v) is 3.34. The molecule has 0 spiro atoms. The summed E-state index contributed by atoms with van der Waals surface area (Å²) >= 11 is 3.49. The molecule has 0 radical (unpaired) electrons. The summed E-state index contributed by atoms with van der Waals surface area (Å²) in [4.78, 5) is 25.3. The minimum absolute atomic E-state index is 0.160. The minimum Gasteiger partial charge on any atom is -0.352 e. The lowest BCUT2D eigenvalue weighted by Gasteiger charge is -2.07. The van der Waals surface area contributed by atoms with E-state index in [4.69, 9.17) is 0 Å². The van der Waals surface area contributed by atoms with Crippen molar-refractivity contribution in [2.45, 2.75) is 24.6 Å². The molecular weight excluding hydrogens is 272 g/mol. The minimum atomic E-state index is -0.206. The molecule has 0 aromatic carbocycles. The van der Waals surface area contributed by atoms with Crippen LogP contribution in [0.2, 0.25) is 0 Å². The monoisotopic (exact) mass is 286 g/mol. The Labute approximate surface area is 103 Å². The van der Waals surface area contributed by atoms with E-state index in [1.165, 1.54) is 18.3 Å². The Balaban J connectivity index is 2.41. The molecule has 1 amide bonds. The molecule has 88 valence electrons. The number of rotatable bonds is 5. The zero-order valence-corrected chi connectivity index (χ0v) is 10.7. The maximum atomic E-state index is 11.6. The number of pyridine rings is 1. The van der Waals surface area contributed by atoms with Crippen molar-refractivity contribution in [1.82, 2.24) is 10.3 Å². The number of carbonyl (C=O) groups excluding carboxylic acids is 1. The maximum absolute atomic E-state index is 11.6. The fourth-order valence-electron chi connectivity index (χ4n) is 1.20. The first-order valence-electron chi connectivity index (χ1n) is 5.24. The molecule has 2 N–H and O–H groups in total. The Hall–Kier alpha value is -1.10. The van der Waals surface area contributed by atoms with Crippen molar-refractivity contribution < 1.29 is 4.79 Å². The zero-order valence-electron chi connectivity index (χ0n) is 9.13. The summed E-state index contributed by atoms with van der Waals surface area (Å²) in [7, 11) is 0. The van der Waals surface area contributed by atoms with Crippen LogP contribution in [0.3, 0.4) is 0 Å². The van der Waals surface area contributed by atoms with Crippen LogP contribution in [0.4, 0.5) is 0 Å². The number of amides is 1. The lowest BCUT2D eigenvalue weighted by molar-refractivity contribution is 0.0953. The van der Waals surface area contributed by atoms with Crippen molar-refractivity contribution in [3.63, 3.8) is 0 Å². The molecule has 0 aliphatic heterocycles. The summed E-state index contributed by atoms with van der Waals surface area (Å²) in [6.45, 7) is 2.71. The van der Waals surface area contributed by atoms with Gasteiger partial charge in [-0.25, -0.2) is 0 Å². The van der Waals surface area contributed by atoms with Crippen molar-refractivity contribution in [3.8, 4) is 0 Å². The van der Waals surface area contributed by atoms with Crippen LogP contribution in [-0.4, -0.2) is 22.3 Å². The summed E-state index contributed by atoms with van der Waals surface area (Å²) < 4.78 is 0. The van der Waals surface area contributed by atoms with Crippen LogP contribution < -0.4 is 10.9 Å². The average Bonchev–Trinajstić information content (AvgIpc) is 2.29. The Morgan fingerprint density at radius 3 is 2.88 bits per heavy atom. The predicted molar refractivity (Wildman–Crippen MR) is 67.0 cm³/mol. The van der Waals surface area contributed by atoms with Gasteiger partial charge in [0.1, 0.15) is 0 Å². The third kappa shape index (κ3) is 4.18. The smallest absolute Gasteiger partial charge is 0.252 e. The SMILES string of the molecule is CCC(Br)CCNC(=O)c1ccc(=O)[nH]c1. The highest BCUT2D eigenvalue weighted by atomic mass is 79.9. The average molecular weight is 287 g/mol. The summed E-state index contributed by atoms with van der Waals surface area (Å²) in [5.41, 5.74) is 0.269. The fraction of sp³-hybridized carbons (Fsp3) is 0.455. The number of carbonyl (C=O) groups is 1. The number of halogens is 1. The number of hydrogen-bond acceptors (Lipinski definition) is 2. The van der Waals surface area contributed by atoms with Gasteiger partial charge in [0.05, 0.1) is 5.56 Å². The van der Waals surface area contributed by atoms with Crippen molar-refractivity contribution in [2.24, 2.45) is 0 Å². The standard InChI is InChI=1S/C11H15BrN2O2/c1-2-9(12)5-6-13-11(16)8-3-4-10(15)14-7-8/h3-4,7,9H,2,5-6H2,1H3,(H,13,16)(H,14,15). The second-order valence-corrected chi connectivity index (χ2v) is 4.79. The first-order valence-corrected chi connectivity index (χ1v) is 6.16. The van der Waals surface area contributed by atoms with E-state index in [0.29, 0.717) is 16.9 Å². The van der Waals surface area contributed by atoms with Gasteiger partial charge in [0.2, 0.25) is 5.56 Å². The van der Waals surface area contributed by atoms with Crippen LogP contribution in [0.1, 0.15) is 30.1 Å². The van der Waals surface area contributed by atoms with Crippen molar-refractivity contribution in [2.75, 3.05) is 6.54 Å². The number of nitrogens with one attached hydrogen (secondary N) is 2. The highest BCUT2D eigenvalue weighted by Gasteiger charge is 2.06. The molecule has 1 unspecified atom stereocenters. The van der Waals surface area contributed by atoms with E-state index >= 15 is 0 Å². The molecule has 1 aromatic rings. The number of H-pyrrole nitrogens is 1. The lowest BCUT2D eigenvalue weighted by atomic mass is 10.2. The molecular formula is C11H15BrN2O2.